The minimum atomic E-state index is 0.668. The minimum absolute atomic E-state index is 0.668. The standard InChI is InChI=1S/C17H21NO/c1-18-12-11-16-9-5-6-10-17(16)14-19-13-15-7-3-2-4-8-15/h2-10,18H,11-14H2,1H3. The van der Waals surface area contributed by atoms with Gasteiger partial charge in [0.15, 0.2) is 0 Å². The lowest BCUT2D eigenvalue weighted by atomic mass is 10.1. The van der Waals surface area contributed by atoms with Crippen molar-refractivity contribution in [2.75, 3.05) is 13.6 Å². The minimum Gasteiger partial charge on any atom is -0.372 e. The Kier molecular flexibility index (Phi) is 5.60. The molecule has 0 amide bonds. The predicted molar refractivity (Wildman–Crippen MR) is 79.0 cm³/mol. The summed E-state index contributed by atoms with van der Waals surface area (Å²) >= 11 is 0. The van der Waals surface area contributed by atoms with Crippen LogP contribution in [0.3, 0.4) is 0 Å². The van der Waals surface area contributed by atoms with Crippen molar-refractivity contribution < 1.29 is 4.74 Å². The molecule has 0 heterocycles. The van der Waals surface area contributed by atoms with E-state index in [9.17, 15) is 0 Å². The molecule has 2 nitrogen and oxygen atoms in total. The second-order valence-electron chi connectivity index (χ2n) is 4.60. The van der Waals surface area contributed by atoms with Crippen LogP contribution < -0.4 is 5.32 Å². The Labute approximate surface area is 115 Å². The van der Waals surface area contributed by atoms with E-state index < -0.39 is 0 Å². The first-order valence-corrected chi connectivity index (χ1v) is 6.73. The smallest absolute Gasteiger partial charge is 0.0724 e. The third-order valence-electron chi connectivity index (χ3n) is 3.13. The molecule has 2 rings (SSSR count). The number of likely N-dealkylation sites (N-methyl/N-ethyl adjacent to an activating group) is 1. The molecule has 19 heavy (non-hydrogen) atoms. The molecule has 0 aliphatic rings. The van der Waals surface area contributed by atoms with Gasteiger partial charge in [0.1, 0.15) is 0 Å². The summed E-state index contributed by atoms with van der Waals surface area (Å²) < 4.78 is 5.81. The van der Waals surface area contributed by atoms with Gasteiger partial charge in [-0.2, -0.15) is 0 Å². The topological polar surface area (TPSA) is 21.3 Å². The average molecular weight is 255 g/mol. The van der Waals surface area contributed by atoms with Gasteiger partial charge in [0.2, 0.25) is 0 Å². The van der Waals surface area contributed by atoms with Crippen LogP contribution in [0.1, 0.15) is 16.7 Å². The van der Waals surface area contributed by atoms with Crippen molar-refractivity contribution in [3.05, 3.63) is 71.3 Å². The number of rotatable bonds is 7. The molecule has 0 bridgehead atoms. The van der Waals surface area contributed by atoms with E-state index in [1.165, 1.54) is 16.7 Å². The molecule has 0 saturated heterocycles. The molecule has 2 aromatic carbocycles. The van der Waals surface area contributed by atoms with Crippen LogP contribution >= 0.6 is 0 Å². The van der Waals surface area contributed by atoms with Crippen LogP contribution in [0.25, 0.3) is 0 Å². The maximum atomic E-state index is 5.81. The number of hydrogen-bond donors (Lipinski definition) is 1. The molecule has 0 radical (unpaired) electrons. The van der Waals surface area contributed by atoms with E-state index in [0.717, 1.165) is 13.0 Å². The van der Waals surface area contributed by atoms with E-state index in [2.05, 4.69) is 41.7 Å². The van der Waals surface area contributed by atoms with Crippen LogP contribution in [-0.4, -0.2) is 13.6 Å². The summed E-state index contributed by atoms with van der Waals surface area (Å²) in [6.45, 7) is 2.34. The van der Waals surface area contributed by atoms with Gasteiger partial charge in [-0.05, 0) is 36.7 Å². The van der Waals surface area contributed by atoms with Crippen molar-refractivity contribution in [2.45, 2.75) is 19.6 Å². The highest BCUT2D eigenvalue weighted by atomic mass is 16.5. The van der Waals surface area contributed by atoms with Gasteiger partial charge >= 0.3 is 0 Å². The van der Waals surface area contributed by atoms with E-state index >= 15 is 0 Å². The van der Waals surface area contributed by atoms with Crippen LogP contribution in [0.15, 0.2) is 54.6 Å². The summed E-state index contributed by atoms with van der Waals surface area (Å²) in [6.07, 6.45) is 1.04. The molecule has 0 atom stereocenters. The highest BCUT2D eigenvalue weighted by Crippen LogP contribution is 2.12. The molecular weight excluding hydrogens is 234 g/mol. The van der Waals surface area contributed by atoms with Gasteiger partial charge in [-0.3, -0.25) is 0 Å². The molecule has 0 aliphatic heterocycles. The molecule has 0 saturated carbocycles. The van der Waals surface area contributed by atoms with Crippen molar-refractivity contribution in [3.63, 3.8) is 0 Å². The van der Waals surface area contributed by atoms with Gasteiger partial charge < -0.3 is 10.1 Å². The fraction of sp³-hybridized carbons (Fsp3) is 0.294. The van der Waals surface area contributed by atoms with Crippen LogP contribution in [0.2, 0.25) is 0 Å². The molecule has 0 spiro atoms. The quantitative estimate of drug-likeness (QED) is 0.820. The summed E-state index contributed by atoms with van der Waals surface area (Å²) in [5, 5.41) is 3.18. The molecule has 0 fully saturated rings. The Bertz CT molecular complexity index is 482. The van der Waals surface area contributed by atoms with Gasteiger partial charge in [-0.15, -0.1) is 0 Å². The molecule has 0 aromatic heterocycles. The van der Waals surface area contributed by atoms with Gasteiger partial charge in [0.05, 0.1) is 13.2 Å². The van der Waals surface area contributed by atoms with Crippen molar-refractivity contribution in [2.24, 2.45) is 0 Å². The maximum absolute atomic E-state index is 5.81. The zero-order valence-corrected chi connectivity index (χ0v) is 11.4. The average Bonchev–Trinajstić information content (AvgIpc) is 2.47. The second kappa shape index (κ2) is 7.72. The van der Waals surface area contributed by atoms with E-state index in [4.69, 9.17) is 4.74 Å². The molecular formula is C17H21NO. The zero-order chi connectivity index (χ0) is 13.3. The highest BCUT2D eigenvalue weighted by molar-refractivity contribution is 5.26. The third kappa shape index (κ3) is 4.51. The summed E-state index contributed by atoms with van der Waals surface area (Å²) in [5.41, 5.74) is 3.87. The Morgan fingerprint density at radius 3 is 2.26 bits per heavy atom. The molecule has 2 heteroatoms. The van der Waals surface area contributed by atoms with Gasteiger partial charge in [-0.25, -0.2) is 0 Å². The second-order valence-corrected chi connectivity index (χ2v) is 4.60. The Morgan fingerprint density at radius 2 is 1.53 bits per heavy atom. The van der Waals surface area contributed by atoms with Gasteiger partial charge in [-0.1, -0.05) is 54.6 Å². The Balaban J connectivity index is 1.88. The molecule has 2 aromatic rings. The molecule has 0 aliphatic carbocycles. The SMILES string of the molecule is CNCCc1ccccc1COCc1ccccc1. The van der Waals surface area contributed by atoms with Crippen LogP contribution in [0.4, 0.5) is 0 Å². The van der Waals surface area contributed by atoms with E-state index in [1.54, 1.807) is 0 Å². The largest absolute Gasteiger partial charge is 0.372 e. The van der Waals surface area contributed by atoms with Crippen LogP contribution in [-0.2, 0) is 24.4 Å². The highest BCUT2D eigenvalue weighted by Gasteiger charge is 2.01. The van der Waals surface area contributed by atoms with E-state index in [1.807, 2.05) is 25.2 Å². The Hall–Kier alpha value is -1.64. The Morgan fingerprint density at radius 1 is 0.842 bits per heavy atom. The number of hydrogen-bond acceptors (Lipinski definition) is 2. The van der Waals surface area contributed by atoms with Crippen LogP contribution in [0, 0.1) is 0 Å². The molecule has 100 valence electrons. The normalized spacial score (nSPS) is 10.6. The number of ether oxygens (including phenoxy) is 1. The van der Waals surface area contributed by atoms with Crippen molar-refractivity contribution in [3.8, 4) is 0 Å². The fourth-order valence-corrected chi connectivity index (χ4v) is 2.05. The lowest BCUT2D eigenvalue weighted by molar-refractivity contribution is 0.106. The molecule has 1 N–H and O–H groups in total. The predicted octanol–water partition coefficient (Wildman–Crippen LogP) is 3.17. The van der Waals surface area contributed by atoms with Gasteiger partial charge in [0.25, 0.3) is 0 Å². The number of nitrogens with one attached hydrogen (secondary N) is 1. The monoisotopic (exact) mass is 255 g/mol. The summed E-state index contributed by atoms with van der Waals surface area (Å²) in [6, 6.07) is 18.8. The van der Waals surface area contributed by atoms with Crippen LogP contribution in [0.5, 0.6) is 0 Å². The van der Waals surface area contributed by atoms with Gasteiger partial charge in [0, 0.05) is 0 Å². The molecule has 0 unspecified atom stereocenters. The fourth-order valence-electron chi connectivity index (χ4n) is 2.05. The van der Waals surface area contributed by atoms with E-state index in [0.29, 0.717) is 13.2 Å². The van der Waals surface area contributed by atoms with E-state index in [-0.39, 0.29) is 0 Å². The summed E-state index contributed by atoms with van der Waals surface area (Å²) in [7, 11) is 1.98. The lowest BCUT2D eigenvalue weighted by Gasteiger charge is -2.10. The third-order valence-corrected chi connectivity index (χ3v) is 3.13. The zero-order valence-electron chi connectivity index (χ0n) is 11.4. The summed E-state index contributed by atoms with van der Waals surface area (Å²) in [4.78, 5) is 0. The lowest BCUT2D eigenvalue weighted by Crippen LogP contribution is -2.11. The van der Waals surface area contributed by atoms with Crippen molar-refractivity contribution in [1.82, 2.24) is 5.32 Å². The number of benzene rings is 2. The first-order chi connectivity index (χ1) is 9.40. The maximum Gasteiger partial charge on any atom is 0.0724 e. The van der Waals surface area contributed by atoms with Crippen molar-refractivity contribution in [1.29, 1.82) is 0 Å². The van der Waals surface area contributed by atoms with Crippen molar-refractivity contribution >= 4 is 0 Å². The first-order valence-electron chi connectivity index (χ1n) is 6.73. The first kappa shape index (κ1) is 13.8. The summed E-state index contributed by atoms with van der Waals surface area (Å²) in [5.74, 6) is 0.